The Morgan fingerprint density at radius 3 is 2.37 bits per heavy atom. The first-order chi connectivity index (χ1) is 9.21. The van der Waals surface area contributed by atoms with Crippen molar-refractivity contribution in [3.05, 3.63) is 29.8 Å². The van der Waals surface area contributed by atoms with Crippen LogP contribution in [-0.4, -0.2) is 51.3 Å². The van der Waals surface area contributed by atoms with Crippen LogP contribution in [0.4, 0.5) is 0 Å². The lowest BCUT2D eigenvalue weighted by Gasteiger charge is -2.22. The van der Waals surface area contributed by atoms with Crippen LogP contribution in [-0.2, 0) is 15.9 Å². The van der Waals surface area contributed by atoms with Crippen molar-refractivity contribution in [1.29, 1.82) is 0 Å². The Labute approximate surface area is 114 Å². The normalized spacial score (nSPS) is 14.1. The maximum atomic E-state index is 9.28. The monoisotopic (exact) mass is 269 g/mol. The maximum absolute atomic E-state index is 9.28. The van der Waals surface area contributed by atoms with Crippen molar-refractivity contribution < 1.29 is 19.3 Å². The average Bonchev–Trinajstić information content (AvgIpc) is 2.44. The van der Waals surface area contributed by atoms with Gasteiger partial charge in [-0.1, -0.05) is 12.1 Å². The molecular weight excluding hydrogens is 246 g/mol. The van der Waals surface area contributed by atoms with Gasteiger partial charge < -0.3 is 25.1 Å². The highest BCUT2D eigenvalue weighted by Crippen LogP contribution is 2.15. The second-order valence-electron chi connectivity index (χ2n) is 4.34. The van der Waals surface area contributed by atoms with Gasteiger partial charge in [0.05, 0.1) is 25.9 Å². The van der Waals surface area contributed by atoms with Gasteiger partial charge in [0.2, 0.25) is 0 Å². The highest BCUT2D eigenvalue weighted by molar-refractivity contribution is 5.27. The molecule has 2 unspecified atom stereocenters. The summed E-state index contributed by atoms with van der Waals surface area (Å²) in [5, 5.41) is 9.28. The number of aliphatic hydroxyl groups is 1. The van der Waals surface area contributed by atoms with E-state index in [1.807, 2.05) is 24.3 Å². The van der Waals surface area contributed by atoms with Crippen LogP contribution in [0.25, 0.3) is 0 Å². The van der Waals surface area contributed by atoms with Crippen LogP contribution in [0, 0.1) is 0 Å². The molecule has 0 bridgehead atoms. The quantitative estimate of drug-likeness (QED) is 0.686. The van der Waals surface area contributed by atoms with Gasteiger partial charge >= 0.3 is 0 Å². The second kappa shape index (κ2) is 8.87. The van der Waals surface area contributed by atoms with E-state index in [0.29, 0.717) is 19.0 Å². The summed E-state index contributed by atoms with van der Waals surface area (Å²) in [5.74, 6) is 0.687. The van der Waals surface area contributed by atoms with Crippen molar-refractivity contribution in [2.45, 2.75) is 18.6 Å². The van der Waals surface area contributed by atoms with E-state index < -0.39 is 6.10 Å². The predicted octanol–water partition coefficient (Wildman–Crippen LogP) is 0.589. The molecule has 0 spiro atoms. The zero-order valence-electron chi connectivity index (χ0n) is 11.5. The molecule has 3 N–H and O–H groups in total. The lowest BCUT2D eigenvalue weighted by atomic mass is 10.1. The van der Waals surface area contributed by atoms with Gasteiger partial charge in [-0.3, -0.25) is 0 Å². The lowest BCUT2D eigenvalue weighted by molar-refractivity contribution is 0.0605. The Kier molecular flexibility index (Phi) is 7.43. The van der Waals surface area contributed by atoms with E-state index in [2.05, 4.69) is 0 Å². The van der Waals surface area contributed by atoms with Crippen LogP contribution in [0.2, 0.25) is 0 Å². The molecule has 108 valence electrons. The Bertz CT molecular complexity index is 342. The average molecular weight is 269 g/mol. The van der Waals surface area contributed by atoms with Crippen molar-refractivity contribution in [3.8, 4) is 5.75 Å². The van der Waals surface area contributed by atoms with E-state index in [0.717, 1.165) is 6.42 Å². The SMILES string of the molecule is COCCc1ccc(OC(CO)C(N)COC)cc1. The molecule has 5 nitrogen and oxygen atoms in total. The largest absolute Gasteiger partial charge is 0.486 e. The van der Waals surface area contributed by atoms with Crippen molar-refractivity contribution in [2.24, 2.45) is 5.73 Å². The summed E-state index contributed by atoms with van der Waals surface area (Å²) in [5.41, 5.74) is 7.03. The number of hydrogen-bond acceptors (Lipinski definition) is 5. The Hall–Kier alpha value is -1.14. The molecule has 0 radical (unpaired) electrons. The molecule has 0 saturated heterocycles. The third kappa shape index (κ3) is 5.57. The van der Waals surface area contributed by atoms with Crippen LogP contribution in [0.1, 0.15) is 5.56 Å². The van der Waals surface area contributed by atoms with Crippen molar-refractivity contribution in [2.75, 3.05) is 34.0 Å². The Morgan fingerprint density at radius 2 is 1.84 bits per heavy atom. The summed E-state index contributed by atoms with van der Waals surface area (Å²) in [6.45, 7) is 0.894. The second-order valence-corrected chi connectivity index (χ2v) is 4.34. The fourth-order valence-corrected chi connectivity index (χ4v) is 1.69. The van der Waals surface area contributed by atoms with Gasteiger partial charge in [-0.25, -0.2) is 0 Å². The summed E-state index contributed by atoms with van der Waals surface area (Å²) >= 11 is 0. The van der Waals surface area contributed by atoms with E-state index >= 15 is 0 Å². The molecule has 0 fully saturated rings. The molecule has 1 aromatic carbocycles. The van der Waals surface area contributed by atoms with Crippen LogP contribution in [0.3, 0.4) is 0 Å². The smallest absolute Gasteiger partial charge is 0.139 e. The molecule has 19 heavy (non-hydrogen) atoms. The minimum absolute atomic E-state index is 0.143. The number of aliphatic hydroxyl groups excluding tert-OH is 1. The first kappa shape index (κ1) is 15.9. The molecule has 1 aromatic rings. The summed E-state index contributed by atoms with van der Waals surface area (Å²) in [6.07, 6.45) is 0.397. The number of hydrogen-bond donors (Lipinski definition) is 2. The number of methoxy groups -OCH3 is 2. The van der Waals surface area contributed by atoms with Crippen LogP contribution >= 0.6 is 0 Å². The van der Waals surface area contributed by atoms with Crippen molar-refractivity contribution >= 4 is 0 Å². The van der Waals surface area contributed by atoms with Crippen molar-refractivity contribution in [1.82, 2.24) is 0 Å². The standard InChI is InChI=1S/C14H23NO4/c1-17-8-7-11-3-5-12(6-4-11)19-14(9-16)13(15)10-18-2/h3-6,13-14,16H,7-10,15H2,1-2H3. The summed E-state index contributed by atoms with van der Waals surface area (Å²) < 4.78 is 15.6. The van der Waals surface area contributed by atoms with Gasteiger partial charge in [0.15, 0.2) is 0 Å². The fraction of sp³-hybridized carbons (Fsp3) is 0.571. The van der Waals surface area contributed by atoms with Crippen LogP contribution < -0.4 is 10.5 Å². The molecule has 0 aliphatic carbocycles. The fourth-order valence-electron chi connectivity index (χ4n) is 1.69. The predicted molar refractivity (Wildman–Crippen MR) is 73.4 cm³/mol. The van der Waals surface area contributed by atoms with E-state index in [-0.39, 0.29) is 12.6 Å². The zero-order chi connectivity index (χ0) is 14.1. The maximum Gasteiger partial charge on any atom is 0.139 e. The highest BCUT2D eigenvalue weighted by atomic mass is 16.5. The number of nitrogens with two attached hydrogens (primary N) is 1. The first-order valence-corrected chi connectivity index (χ1v) is 6.31. The summed E-state index contributed by atoms with van der Waals surface area (Å²) in [6, 6.07) is 7.33. The molecule has 0 saturated carbocycles. The van der Waals surface area contributed by atoms with E-state index in [9.17, 15) is 5.11 Å². The Balaban J connectivity index is 2.55. The molecule has 5 heteroatoms. The van der Waals surface area contributed by atoms with Gasteiger partial charge in [-0.05, 0) is 24.1 Å². The van der Waals surface area contributed by atoms with E-state index in [1.54, 1.807) is 14.2 Å². The molecule has 2 atom stereocenters. The molecule has 0 heterocycles. The van der Waals surface area contributed by atoms with E-state index in [4.69, 9.17) is 19.9 Å². The van der Waals surface area contributed by atoms with Gasteiger partial charge in [0.1, 0.15) is 11.9 Å². The van der Waals surface area contributed by atoms with Crippen LogP contribution in [0.5, 0.6) is 5.75 Å². The van der Waals surface area contributed by atoms with E-state index in [1.165, 1.54) is 5.56 Å². The molecule has 0 aromatic heterocycles. The number of benzene rings is 1. The summed E-state index contributed by atoms with van der Waals surface area (Å²) in [7, 11) is 3.25. The van der Waals surface area contributed by atoms with Gasteiger partial charge in [0.25, 0.3) is 0 Å². The van der Waals surface area contributed by atoms with Gasteiger partial charge in [0, 0.05) is 14.2 Å². The van der Waals surface area contributed by atoms with Gasteiger partial charge in [-0.2, -0.15) is 0 Å². The van der Waals surface area contributed by atoms with Crippen molar-refractivity contribution in [3.63, 3.8) is 0 Å². The molecule has 0 amide bonds. The lowest BCUT2D eigenvalue weighted by Crippen LogP contribution is -2.44. The number of ether oxygens (including phenoxy) is 3. The topological polar surface area (TPSA) is 73.9 Å². The highest BCUT2D eigenvalue weighted by Gasteiger charge is 2.18. The molecule has 0 aliphatic heterocycles. The summed E-state index contributed by atoms with van der Waals surface area (Å²) in [4.78, 5) is 0. The Morgan fingerprint density at radius 1 is 1.16 bits per heavy atom. The zero-order valence-corrected chi connectivity index (χ0v) is 11.5. The van der Waals surface area contributed by atoms with Gasteiger partial charge in [-0.15, -0.1) is 0 Å². The van der Waals surface area contributed by atoms with Crippen LogP contribution in [0.15, 0.2) is 24.3 Å². The third-order valence-electron chi connectivity index (χ3n) is 2.82. The number of rotatable bonds is 9. The minimum Gasteiger partial charge on any atom is -0.486 e. The first-order valence-electron chi connectivity index (χ1n) is 6.31. The molecular formula is C14H23NO4. The minimum atomic E-state index is -0.468. The third-order valence-corrected chi connectivity index (χ3v) is 2.82. The molecule has 0 aliphatic rings. The molecule has 1 rings (SSSR count).